The lowest BCUT2D eigenvalue weighted by molar-refractivity contribution is -0.148. The van der Waals surface area contributed by atoms with E-state index < -0.39 is 11.4 Å². The van der Waals surface area contributed by atoms with E-state index in [9.17, 15) is 9.59 Å². The van der Waals surface area contributed by atoms with Crippen molar-refractivity contribution in [1.29, 1.82) is 0 Å². The van der Waals surface area contributed by atoms with Gasteiger partial charge in [0.1, 0.15) is 0 Å². The molecule has 0 atom stereocenters. The summed E-state index contributed by atoms with van der Waals surface area (Å²) in [6.45, 7) is 11.9. The summed E-state index contributed by atoms with van der Waals surface area (Å²) >= 11 is 11.8. The molecular weight excluding hydrogens is 435 g/mol. The fourth-order valence-electron chi connectivity index (χ4n) is 2.91. The number of carbonyl (C=O) groups excluding carboxylic acids is 1. The lowest BCUT2D eigenvalue weighted by Gasteiger charge is -2.31. The van der Waals surface area contributed by atoms with Crippen molar-refractivity contribution in [3.05, 3.63) is 58.1 Å². The van der Waals surface area contributed by atoms with Crippen LogP contribution in [0.1, 0.15) is 53.0 Å². The van der Waals surface area contributed by atoms with E-state index in [0.29, 0.717) is 21.4 Å². The molecule has 0 aliphatic rings. The third-order valence-corrected chi connectivity index (χ3v) is 5.49. The number of anilines is 2. The molecule has 170 valence electrons. The summed E-state index contributed by atoms with van der Waals surface area (Å²) < 4.78 is 0. The first kappa shape index (κ1) is 26.8. The maximum Gasteiger partial charge on any atom is 0.323 e. The van der Waals surface area contributed by atoms with Crippen molar-refractivity contribution in [2.75, 3.05) is 10.6 Å². The van der Waals surface area contributed by atoms with E-state index in [1.54, 1.807) is 32.0 Å². The zero-order valence-electron chi connectivity index (χ0n) is 19.0. The lowest BCUT2D eigenvalue weighted by atomic mass is 9.74. The predicted molar refractivity (Wildman–Crippen MR) is 130 cm³/mol. The van der Waals surface area contributed by atoms with Crippen molar-refractivity contribution in [3.8, 4) is 0 Å². The van der Waals surface area contributed by atoms with Crippen LogP contribution in [0.2, 0.25) is 10.0 Å². The summed E-state index contributed by atoms with van der Waals surface area (Å²) in [4.78, 5) is 22.6. The molecule has 0 spiro atoms. The number of nitrogens with one attached hydrogen (secondary N) is 2. The average Bonchev–Trinajstić information content (AvgIpc) is 2.65. The van der Waals surface area contributed by atoms with Crippen molar-refractivity contribution >= 4 is 46.6 Å². The maximum atomic E-state index is 11.8. The van der Waals surface area contributed by atoms with E-state index in [-0.39, 0.29) is 11.4 Å². The Morgan fingerprint density at radius 3 is 2.03 bits per heavy atom. The molecule has 0 unspecified atom stereocenters. The number of carbonyl (C=O) groups is 2. The van der Waals surface area contributed by atoms with Gasteiger partial charge in [-0.15, -0.1) is 0 Å². The number of aryl methyl sites for hydroxylation is 1. The molecule has 0 fully saturated rings. The second kappa shape index (κ2) is 11.4. The van der Waals surface area contributed by atoms with Gasteiger partial charge < -0.3 is 15.7 Å². The van der Waals surface area contributed by atoms with Crippen LogP contribution < -0.4 is 10.6 Å². The van der Waals surface area contributed by atoms with Gasteiger partial charge in [0, 0.05) is 10.7 Å². The van der Waals surface area contributed by atoms with E-state index in [0.717, 1.165) is 18.4 Å². The van der Waals surface area contributed by atoms with Crippen molar-refractivity contribution in [3.63, 3.8) is 0 Å². The quantitative estimate of drug-likeness (QED) is 0.404. The van der Waals surface area contributed by atoms with Crippen LogP contribution in [-0.2, 0) is 4.79 Å². The third kappa shape index (κ3) is 9.62. The first-order chi connectivity index (χ1) is 14.3. The number of carboxylic acid groups (broad SMARTS) is 1. The number of halogens is 2. The Morgan fingerprint density at radius 1 is 0.968 bits per heavy atom. The molecule has 0 saturated heterocycles. The number of urea groups is 1. The van der Waals surface area contributed by atoms with Crippen LogP contribution in [0, 0.1) is 17.8 Å². The molecule has 5 nitrogen and oxygen atoms in total. The van der Waals surface area contributed by atoms with Gasteiger partial charge in [-0.25, -0.2) is 4.79 Å². The highest BCUT2D eigenvalue weighted by molar-refractivity contribution is 6.36. The number of rotatable bonds is 6. The number of hydrogen-bond acceptors (Lipinski definition) is 2. The highest BCUT2D eigenvalue weighted by atomic mass is 35.5. The van der Waals surface area contributed by atoms with E-state index in [1.165, 1.54) is 0 Å². The maximum absolute atomic E-state index is 11.8. The Hall–Kier alpha value is -2.24. The van der Waals surface area contributed by atoms with E-state index >= 15 is 0 Å². The molecule has 0 aromatic heterocycles. The van der Waals surface area contributed by atoms with Gasteiger partial charge in [-0.05, 0) is 62.9 Å². The van der Waals surface area contributed by atoms with Crippen LogP contribution in [0.5, 0.6) is 0 Å². The number of hydrogen-bond donors (Lipinski definition) is 3. The molecule has 0 aliphatic carbocycles. The first-order valence-corrected chi connectivity index (χ1v) is 10.8. The molecule has 0 aliphatic heterocycles. The van der Waals surface area contributed by atoms with Gasteiger partial charge in [0.2, 0.25) is 0 Å². The third-order valence-electron chi connectivity index (χ3n) is 4.95. The Kier molecular flexibility index (Phi) is 9.85. The summed E-state index contributed by atoms with van der Waals surface area (Å²) in [6, 6.07) is 12.0. The molecule has 2 aromatic rings. The van der Waals surface area contributed by atoms with Crippen LogP contribution in [0.4, 0.5) is 16.2 Å². The van der Waals surface area contributed by atoms with E-state index in [2.05, 4.69) is 31.4 Å². The smallest absolute Gasteiger partial charge is 0.323 e. The SMILES string of the molecule is CCC(C)(C)CC(C)(C)C(=O)O.Cc1ccc(NC(=O)Nc2ccc(Cl)cc2Cl)cc1. The Morgan fingerprint density at radius 2 is 1.55 bits per heavy atom. The number of benzene rings is 2. The largest absolute Gasteiger partial charge is 0.481 e. The minimum absolute atomic E-state index is 0.127. The average molecular weight is 467 g/mol. The molecule has 0 radical (unpaired) electrons. The lowest BCUT2D eigenvalue weighted by Crippen LogP contribution is -2.30. The second-order valence-electron chi connectivity index (χ2n) is 8.95. The van der Waals surface area contributed by atoms with Crippen LogP contribution >= 0.6 is 23.2 Å². The Balaban J connectivity index is 0.000000348. The topological polar surface area (TPSA) is 78.4 Å². The van der Waals surface area contributed by atoms with Crippen molar-refractivity contribution < 1.29 is 14.7 Å². The van der Waals surface area contributed by atoms with E-state index in [1.807, 2.05) is 31.2 Å². The van der Waals surface area contributed by atoms with Crippen LogP contribution in [-0.4, -0.2) is 17.1 Å². The standard InChI is InChI=1S/C14H12Cl2N2O.C10H20O2/c1-9-2-5-11(6-3-9)17-14(19)18-13-7-4-10(15)8-12(13)16;1-6-9(2,3)7-10(4,5)8(11)12/h2-8H,1H3,(H2,17,18,19);6-7H2,1-5H3,(H,11,12). The zero-order chi connectivity index (χ0) is 23.8. The molecule has 31 heavy (non-hydrogen) atoms. The molecule has 3 N–H and O–H groups in total. The van der Waals surface area contributed by atoms with Crippen molar-refractivity contribution in [2.45, 2.75) is 54.4 Å². The fraction of sp³-hybridized carbons (Fsp3) is 0.417. The van der Waals surface area contributed by atoms with Gasteiger partial charge in [0.15, 0.2) is 0 Å². The van der Waals surface area contributed by atoms with Crippen molar-refractivity contribution in [1.82, 2.24) is 0 Å². The Bertz CT molecular complexity index is 894. The zero-order valence-corrected chi connectivity index (χ0v) is 20.5. The van der Waals surface area contributed by atoms with Gasteiger partial charge >= 0.3 is 12.0 Å². The van der Waals surface area contributed by atoms with E-state index in [4.69, 9.17) is 28.3 Å². The predicted octanol–water partition coefficient (Wildman–Crippen LogP) is 7.87. The molecule has 0 bridgehead atoms. The summed E-state index contributed by atoms with van der Waals surface area (Å²) in [5, 5.41) is 15.2. The number of amides is 2. The molecule has 2 rings (SSSR count). The normalized spacial score (nSPS) is 11.2. The minimum Gasteiger partial charge on any atom is -0.481 e. The second-order valence-corrected chi connectivity index (χ2v) is 9.80. The highest BCUT2D eigenvalue weighted by Crippen LogP contribution is 2.35. The monoisotopic (exact) mass is 466 g/mol. The molecule has 0 saturated carbocycles. The minimum atomic E-state index is -0.705. The number of carboxylic acids is 1. The van der Waals surface area contributed by atoms with Gasteiger partial charge in [-0.1, -0.05) is 68.1 Å². The summed E-state index contributed by atoms with van der Waals surface area (Å²) in [6.07, 6.45) is 1.75. The van der Waals surface area contributed by atoms with Gasteiger partial charge in [0.25, 0.3) is 0 Å². The van der Waals surface area contributed by atoms with Gasteiger partial charge in [-0.3, -0.25) is 4.79 Å². The van der Waals surface area contributed by atoms with Gasteiger partial charge in [0.05, 0.1) is 16.1 Å². The molecular formula is C24H32Cl2N2O3. The molecule has 0 heterocycles. The van der Waals surface area contributed by atoms with Crippen LogP contribution in [0.15, 0.2) is 42.5 Å². The van der Waals surface area contributed by atoms with Gasteiger partial charge in [-0.2, -0.15) is 0 Å². The molecule has 7 heteroatoms. The highest BCUT2D eigenvalue weighted by Gasteiger charge is 2.33. The first-order valence-electron chi connectivity index (χ1n) is 10.1. The summed E-state index contributed by atoms with van der Waals surface area (Å²) in [5.74, 6) is -0.705. The number of aliphatic carboxylic acids is 1. The van der Waals surface area contributed by atoms with Crippen molar-refractivity contribution in [2.24, 2.45) is 10.8 Å². The summed E-state index contributed by atoms with van der Waals surface area (Å²) in [7, 11) is 0. The summed E-state index contributed by atoms with van der Waals surface area (Å²) in [5.41, 5.74) is 1.89. The van der Waals surface area contributed by atoms with Crippen LogP contribution in [0.25, 0.3) is 0 Å². The fourth-order valence-corrected chi connectivity index (χ4v) is 3.37. The Labute approximate surface area is 195 Å². The van der Waals surface area contributed by atoms with Crippen LogP contribution in [0.3, 0.4) is 0 Å². The molecule has 2 amide bonds. The molecule has 2 aromatic carbocycles.